The molecular weight excluding hydrogens is 246 g/mol. The Morgan fingerprint density at radius 3 is 2.74 bits per heavy atom. The first kappa shape index (κ1) is 13.6. The fourth-order valence-corrected chi connectivity index (χ4v) is 2.46. The highest BCUT2D eigenvalue weighted by atomic mass is 16.4. The monoisotopic (exact) mass is 265 g/mol. The normalized spacial score (nSPS) is 20.7. The van der Waals surface area contributed by atoms with Gasteiger partial charge in [0.2, 0.25) is 0 Å². The van der Waals surface area contributed by atoms with Crippen LogP contribution in [0.3, 0.4) is 0 Å². The summed E-state index contributed by atoms with van der Waals surface area (Å²) in [5.74, 6) is -1.22. The molecule has 6 nitrogen and oxygen atoms in total. The van der Waals surface area contributed by atoms with Crippen LogP contribution in [0.15, 0.2) is 6.07 Å². The number of carboxylic acids is 1. The third kappa shape index (κ3) is 3.13. The average molecular weight is 265 g/mol. The van der Waals surface area contributed by atoms with Crippen LogP contribution >= 0.6 is 0 Å². The van der Waals surface area contributed by atoms with Crippen molar-refractivity contribution in [1.29, 1.82) is 0 Å². The Labute approximate surface area is 111 Å². The first-order valence-electron chi connectivity index (χ1n) is 6.65. The second kappa shape index (κ2) is 5.86. The Hall–Kier alpha value is -1.85. The number of carbonyl (C=O) groups is 2. The summed E-state index contributed by atoms with van der Waals surface area (Å²) in [4.78, 5) is 25.2. The van der Waals surface area contributed by atoms with Crippen LogP contribution in [0, 0.1) is 6.92 Å². The second-order valence-electron chi connectivity index (χ2n) is 4.99. The number of rotatable bonds is 2. The van der Waals surface area contributed by atoms with Crippen molar-refractivity contribution in [3.05, 3.63) is 17.5 Å². The molecule has 1 aliphatic heterocycles. The summed E-state index contributed by atoms with van der Waals surface area (Å²) < 4.78 is 0. The van der Waals surface area contributed by atoms with Crippen molar-refractivity contribution < 1.29 is 14.7 Å². The summed E-state index contributed by atoms with van der Waals surface area (Å²) >= 11 is 0. The van der Waals surface area contributed by atoms with Gasteiger partial charge in [0.25, 0.3) is 5.91 Å². The largest absolute Gasteiger partial charge is 0.480 e. The predicted molar refractivity (Wildman–Crippen MR) is 68.9 cm³/mol. The molecule has 104 valence electrons. The molecule has 1 atom stereocenters. The molecule has 1 aromatic heterocycles. The molecule has 0 spiro atoms. The number of aliphatic carboxylic acids is 1. The molecule has 1 unspecified atom stereocenters. The van der Waals surface area contributed by atoms with Crippen molar-refractivity contribution in [2.45, 2.75) is 45.1 Å². The summed E-state index contributed by atoms with van der Waals surface area (Å²) in [6, 6.07) is 0.921. The van der Waals surface area contributed by atoms with E-state index >= 15 is 0 Å². The quantitative estimate of drug-likeness (QED) is 0.850. The second-order valence-corrected chi connectivity index (χ2v) is 4.99. The smallest absolute Gasteiger partial charge is 0.326 e. The third-order valence-electron chi connectivity index (χ3n) is 3.47. The molecule has 0 radical (unpaired) electrons. The van der Waals surface area contributed by atoms with Gasteiger partial charge in [0, 0.05) is 12.2 Å². The number of likely N-dealkylation sites (tertiary alicyclic amines) is 1. The molecule has 2 heterocycles. The van der Waals surface area contributed by atoms with Crippen LogP contribution in [0.1, 0.15) is 48.3 Å². The van der Waals surface area contributed by atoms with Gasteiger partial charge in [-0.3, -0.25) is 9.89 Å². The van der Waals surface area contributed by atoms with E-state index in [0.29, 0.717) is 18.7 Å². The van der Waals surface area contributed by atoms with Gasteiger partial charge in [-0.2, -0.15) is 5.10 Å². The number of aryl methyl sites for hydroxylation is 1. The summed E-state index contributed by atoms with van der Waals surface area (Å²) in [6.07, 6.45) is 4.28. The zero-order valence-corrected chi connectivity index (χ0v) is 11.1. The SMILES string of the molecule is Cc1cc(C(=O)N2CCCCCCC2C(=O)O)n[nH]1. The van der Waals surface area contributed by atoms with Crippen LogP contribution in [-0.2, 0) is 4.79 Å². The van der Waals surface area contributed by atoms with Gasteiger partial charge in [-0.25, -0.2) is 4.79 Å². The summed E-state index contributed by atoms with van der Waals surface area (Å²) in [6.45, 7) is 2.30. The third-order valence-corrected chi connectivity index (χ3v) is 3.47. The lowest BCUT2D eigenvalue weighted by atomic mass is 10.0. The zero-order chi connectivity index (χ0) is 13.8. The van der Waals surface area contributed by atoms with Crippen LogP contribution in [0.25, 0.3) is 0 Å². The van der Waals surface area contributed by atoms with Gasteiger partial charge in [-0.1, -0.05) is 19.3 Å². The van der Waals surface area contributed by atoms with E-state index in [0.717, 1.165) is 31.4 Å². The van der Waals surface area contributed by atoms with Gasteiger partial charge < -0.3 is 10.0 Å². The summed E-state index contributed by atoms with van der Waals surface area (Å²) in [5, 5.41) is 15.9. The number of aromatic nitrogens is 2. The topological polar surface area (TPSA) is 86.3 Å². The van der Waals surface area contributed by atoms with E-state index < -0.39 is 12.0 Å². The Balaban J connectivity index is 2.20. The van der Waals surface area contributed by atoms with Gasteiger partial charge in [0.1, 0.15) is 11.7 Å². The fraction of sp³-hybridized carbons (Fsp3) is 0.615. The van der Waals surface area contributed by atoms with Crippen molar-refractivity contribution in [2.75, 3.05) is 6.54 Å². The summed E-state index contributed by atoms with van der Waals surface area (Å²) in [5.41, 5.74) is 1.09. The highest BCUT2D eigenvalue weighted by Crippen LogP contribution is 2.19. The van der Waals surface area contributed by atoms with Crippen LogP contribution < -0.4 is 0 Å². The van der Waals surface area contributed by atoms with Gasteiger partial charge in [-0.05, 0) is 25.8 Å². The maximum atomic E-state index is 12.4. The lowest BCUT2D eigenvalue weighted by molar-refractivity contribution is -0.142. The van der Waals surface area contributed by atoms with Gasteiger partial charge >= 0.3 is 5.97 Å². The fourth-order valence-electron chi connectivity index (χ4n) is 2.46. The minimum Gasteiger partial charge on any atom is -0.480 e. The molecule has 0 bridgehead atoms. The predicted octanol–water partition coefficient (Wildman–Crippen LogP) is 1.58. The van der Waals surface area contributed by atoms with E-state index in [1.807, 2.05) is 6.92 Å². The van der Waals surface area contributed by atoms with Crippen molar-refractivity contribution in [1.82, 2.24) is 15.1 Å². The highest BCUT2D eigenvalue weighted by molar-refractivity contribution is 5.95. The molecule has 2 N–H and O–H groups in total. The number of hydrogen-bond donors (Lipinski definition) is 2. The molecule has 0 aromatic carbocycles. The van der Waals surface area contributed by atoms with Crippen molar-refractivity contribution in [2.24, 2.45) is 0 Å². The molecule has 19 heavy (non-hydrogen) atoms. The van der Waals surface area contributed by atoms with E-state index in [1.54, 1.807) is 6.07 Å². The van der Waals surface area contributed by atoms with Crippen molar-refractivity contribution in [3.8, 4) is 0 Å². The maximum Gasteiger partial charge on any atom is 0.326 e. The van der Waals surface area contributed by atoms with Crippen molar-refractivity contribution >= 4 is 11.9 Å². The minimum atomic E-state index is -0.928. The van der Waals surface area contributed by atoms with E-state index in [9.17, 15) is 14.7 Å². The van der Waals surface area contributed by atoms with E-state index in [1.165, 1.54) is 4.90 Å². The first-order chi connectivity index (χ1) is 9.09. The first-order valence-corrected chi connectivity index (χ1v) is 6.65. The number of amides is 1. The molecule has 1 aliphatic rings. The van der Waals surface area contributed by atoms with Gasteiger partial charge in [0.05, 0.1) is 0 Å². The number of nitrogens with zero attached hydrogens (tertiary/aromatic N) is 2. The molecule has 1 fully saturated rings. The molecule has 0 saturated carbocycles. The highest BCUT2D eigenvalue weighted by Gasteiger charge is 2.31. The molecule has 1 saturated heterocycles. The zero-order valence-electron chi connectivity index (χ0n) is 11.1. The van der Waals surface area contributed by atoms with Crippen LogP contribution in [0.5, 0.6) is 0 Å². The van der Waals surface area contributed by atoms with E-state index in [4.69, 9.17) is 0 Å². The molecular formula is C13H19N3O3. The Kier molecular flexibility index (Phi) is 4.19. The number of aromatic amines is 1. The number of carboxylic acid groups (broad SMARTS) is 1. The standard InChI is InChI=1S/C13H19N3O3/c1-9-8-10(15-14-9)12(17)16-7-5-3-2-4-6-11(16)13(18)19/h8,11H,2-7H2,1H3,(H,14,15)(H,18,19). The lowest BCUT2D eigenvalue weighted by Crippen LogP contribution is -2.46. The molecule has 1 aromatic rings. The Morgan fingerprint density at radius 1 is 1.37 bits per heavy atom. The van der Waals surface area contributed by atoms with Crippen LogP contribution in [0.2, 0.25) is 0 Å². The number of carbonyl (C=O) groups excluding carboxylic acids is 1. The number of H-pyrrole nitrogens is 1. The van der Waals surface area contributed by atoms with E-state index in [2.05, 4.69) is 10.2 Å². The number of nitrogens with one attached hydrogen (secondary N) is 1. The van der Waals surface area contributed by atoms with Crippen LogP contribution in [0.4, 0.5) is 0 Å². The molecule has 1 amide bonds. The molecule has 0 aliphatic carbocycles. The van der Waals surface area contributed by atoms with Crippen molar-refractivity contribution in [3.63, 3.8) is 0 Å². The average Bonchev–Trinajstić information content (AvgIpc) is 2.74. The Morgan fingerprint density at radius 2 is 2.11 bits per heavy atom. The molecule has 2 rings (SSSR count). The molecule has 6 heteroatoms. The Bertz CT molecular complexity index is 469. The summed E-state index contributed by atoms with van der Waals surface area (Å²) in [7, 11) is 0. The van der Waals surface area contributed by atoms with Gasteiger partial charge in [0.15, 0.2) is 0 Å². The van der Waals surface area contributed by atoms with E-state index in [-0.39, 0.29) is 5.91 Å². The maximum absolute atomic E-state index is 12.4. The van der Waals surface area contributed by atoms with Crippen LogP contribution in [-0.4, -0.2) is 44.7 Å². The lowest BCUT2D eigenvalue weighted by Gasteiger charge is -2.30. The minimum absolute atomic E-state index is 0.293. The van der Waals surface area contributed by atoms with Gasteiger partial charge in [-0.15, -0.1) is 0 Å². The number of hydrogen-bond acceptors (Lipinski definition) is 3.